The number of rotatable bonds is 5. The first-order valence-corrected chi connectivity index (χ1v) is 10.3. The fourth-order valence-electron chi connectivity index (χ4n) is 3.34. The summed E-state index contributed by atoms with van der Waals surface area (Å²) < 4.78 is 6.05. The lowest BCUT2D eigenvalue weighted by Gasteiger charge is -2.22. The molecule has 0 atom stereocenters. The lowest BCUT2D eigenvalue weighted by molar-refractivity contribution is 0.313. The Labute approximate surface area is 177 Å². The van der Waals surface area contributed by atoms with Crippen LogP contribution in [-0.4, -0.2) is 16.6 Å². The molecule has 150 valence electrons. The Morgan fingerprint density at radius 1 is 1.21 bits per heavy atom. The van der Waals surface area contributed by atoms with Crippen LogP contribution >= 0.6 is 11.6 Å². The smallest absolute Gasteiger partial charge is 0.153 e. The second-order valence-corrected chi connectivity index (χ2v) is 8.68. The summed E-state index contributed by atoms with van der Waals surface area (Å²) in [5.74, 6) is 0.638. The van der Waals surface area contributed by atoms with Crippen molar-refractivity contribution >= 4 is 22.5 Å². The number of benzene rings is 1. The fourth-order valence-corrected chi connectivity index (χ4v) is 3.79. The number of unbranched alkanes of at least 4 members (excludes halogenated alkanes) is 1. The second-order valence-electron chi connectivity index (χ2n) is 8.27. The van der Waals surface area contributed by atoms with E-state index in [1.807, 2.05) is 18.2 Å². The molecule has 0 spiro atoms. The van der Waals surface area contributed by atoms with Crippen LogP contribution in [0.1, 0.15) is 57.4 Å². The molecule has 0 bridgehead atoms. The first-order chi connectivity index (χ1) is 13.8. The van der Waals surface area contributed by atoms with Crippen molar-refractivity contribution in [3.63, 3.8) is 0 Å². The number of nitrogens with zero attached hydrogens (tertiary/aromatic N) is 3. The van der Waals surface area contributed by atoms with E-state index in [4.69, 9.17) is 21.3 Å². The first-order valence-electron chi connectivity index (χ1n) is 9.90. The van der Waals surface area contributed by atoms with E-state index in [1.165, 1.54) is 0 Å². The van der Waals surface area contributed by atoms with Gasteiger partial charge in [0.05, 0.1) is 23.2 Å². The first kappa shape index (κ1) is 21.1. The summed E-state index contributed by atoms with van der Waals surface area (Å²) >= 11 is 6.63. The van der Waals surface area contributed by atoms with E-state index in [-0.39, 0.29) is 5.41 Å². The molecule has 1 aromatic carbocycles. The molecule has 29 heavy (non-hydrogen) atoms. The molecule has 2 heterocycles. The van der Waals surface area contributed by atoms with Gasteiger partial charge in [-0.3, -0.25) is 0 Å². The predicted octanol–water partition coefficient (Wildman–Crippen LogP) is 6.61. The Morgan fingerprint density at radius 3 is 2.62 bits per heavy atom. The summed E-state index contributed by atoms with van der Waals surface area (Å²) in [5, 5.41) is 10.9. The average Bonchev–Trinajstić information content (AvgIpc) is 2.68. The van der Waals surface area contributed by atoms with Crippen LogP contribution in [0.25, 0.3) is 22.2 Å². The quantitative estimate of drug-likeness (QED) is 0.446. The minimum Gasteiger partial charge on any atom is -0.493 e. The van der Waals surface area contributed by atoms with Crippen LogP contribution in [0.15, 0.2) is 30.5 Å². The number of hydrogen-bond acceptors (Lipinski definition) is 4. The molecule has 0 N–H and O–H groups in total. The standard InChI is InChI=1S/C24H26ClN3O/c1-6-7-10-29-22-13-20(28-19-8-9-27-21(14-26)23(19)22)16-12-18(25)17(11-15(16)2)24(3,4)5/h8-9,11-13H,6-7,10H2,1-5H3. The highest BCUT2D eigenvalue weighted by molar-refractivity contribution is 6.31. The van der Waals surface area contributed by atoms with E-state index >= 15 is 0 Å². The third-order valence-electron chi connectivity index (χ3n) is 4.94. The molecule has 3 aromatic rings. The third kappa shape index (κ3) is 4.36. The Morgan fingerprint density at radius 2 is 1.97 bits per heavy atom. The molecule has 0 fully saturated rings. The highest BCUT2D eigenvalue weighted by Gasteiger charge is 2.20. The summed E-state index contributed by atoms with van der Waals surface area (Å²) in [6, 6.07) is 9.98. The third-order valence-corrected chi connectivity index (χ3v) is 5.26. The highest BCUT2D eigenvalue weighted by Crippen LogP contribution is 2.37. The van der Waals surface area contributed by atoms with Crippen LogP contribution in [-0.2, 0) is 5.41 Å². The number of aromatic nitrogens is 2. The van der Waals surface area contributed by atoms with Gasteiger partial charge in [0, 0.05) is 22.8 Å². The molecule has 3 rings (SSSR count). The molecule has 0 amide bonds. The number of aryl methyl sites for hydroxylation is 1. The number of ether oxygens (including phenoxy) is 1. The van der Waals surface area contributed by atoms with Crippen molar-refractivity contribution in [3.05, 3.63) is 52.3 Å². The zero-order valence-electron chi connectivity index (χ0n) is 17.6. The molecule has 5 heteroatoms. The molecular weight excluding hydrogens is 382 g/mol. The van der Waals surface area contributed by atoms with Crippen molar-refractivity contribution in [1.29, 1.82) is 5.26 Å². The van der Waals surface area contributed by atoms with Crippen LogP contribution in [0.4, 0.5) is 0 Å². The van der Waals surface area contributed by atoms with E-state index in [1.54, 1.807) is 6.20 Å². The van der Waals surface area contributed by atoms with Crippen LogP contribution < -0.4 is 4.74 Å². The van der Waals surface area contributed by atoms with Gasteiger partial charge in [-0.1, -0.05) is 51.8 Å². The molecule has 0 aliphatic carbocycles. The zero-order valence-corrected chi connectivity index (χ0v) is 18.4. The van der Waals surface area contributed by atoms with Crippen molar-refractivity contribution < 1.29 is 4.74 Å². The van der Waals surface area contributed by atoms with Gasteiger partial charge in [-0.05, 0) is 42.0 Å². The summed E-state index contributed by atoms with van der Waals surface area (Å²) in [4.78, 5) is 8.99. The summed E-state index contributed by atoms with van der Waals surface area (Å²) in [7, 11) is 0. The summed E-state index contributed by atoms with van der Waals surface area (Å²) in [6.45, 7) is 11.2. The fraction of sp³-hybridized carbons (Fsp3) is 0.375. The Hall–Kier alpha value is -2.64. The largest absolute Gasteiger partial charge is 0.493 e. The van der Waals surface area contributed by atoms with Crippen molar-refractivity contribution in [1.82, 2.24) is 9.97 Å². The van der Waals surface area contributed by atoms with Crippen molar-refractivity contribution in [2.75, 3.05) is 6.61 Å². The predicted molar refractivity (Wildman–Crippen MR) is 119 cm³/mol. The highest BCUT2D eigenvalue weighted by atomic mass is 35.5. The molecule has 0 aliphatic rings. The number of hydrogen-bond donors (Lipinski definition) is 0. The van der Waals surface area contributed by atoms with Gasteiger partial charge in [0.15, 0.2) is 5.69 Å². The van der Waals surface area contributed by atoms with E-state index in [2.05, 4.69) is 51.7 Å². The Kier molecular flexibility index (Phi) is 6.10. The Bertz CT molecular complexity index is 1090. The van der Waals surface area contributed by atoms with Crippen LogP contribution in [0.2, 0.25) is 5.02 Å². The van der Waals surface area contributed by atoms with Gasteiger partial charge in [0.1, 0.15) is 11.8 Å². The van der Waals surface area contributed by atoms with Crippen molar-refractivity contribution in [2.45, 2.75) is 52.9 Å². The van der Waals surface area contributed by atoms with Gasteiger partial charge in [-0.2, -0.15) is 5.26 Å². The molecule has 0 saturated carbocycles. The number of fused-ring (bicyclic) bond motifs is 1. The SMILES string of the molecule is CCCCOc1cc(-c2cc(Cl)c(C(C)(C)C)cc2C)nc2ccnc(C#N)c12. The number of halogens is 1. The maximum Gasteiger partial charge on any atom is 0.153 e. The van der Waals surface area contributed by atoms with Crippen LogP contribution in [0.5, 0.6) is 5.75 Å². The molecule has 0 saturated heterocycles. The van der Waals surface area contributed by atoms with Gasteiger partial charge in [0.2, 0.25) is 0 Å². The molecule has 0 radical (unpaired) electrons. The van der Waals surface area contributed by atoms with Gasteiger partial charge in [-0.25, -0.2) is 9.97 Å². The topological polar surface area (TPSA) is 58.8 Å². The summed E-state index contributed by atoms with van der Waals surface area (Å²) in [5.41, 5.74) is 4.91. The minimum atomic E-state index is -0.0427. The maximum atomic E-state index is 9.49. The van der Waals surface area contributed by atoms with Gasteiger partial charge in [0.25, 0.3) is 0 Å². The van der Waals surface area contributed by atoms with E-state index in [0.717, 1.165) is 40.2 Å². The van der Waals surface area contributed by atoms with Crippen molar-refractivity contribution in [2.24, 2.45) is 0 Å². The molecular formula is C24H26ClN3O. The molecule has 2 aromatic heterocycles. The van der Waals surface area contributed by atoms with E-state index in [0.29, 0.717) is 29.0 Å². The molecule has 0 unspecified atom stereocenters. The van der Waals surface area contributed by atoms with Crippen LogP contribution in [0, 0.1) is 18.3 Å². The van der Waals surface area contributed by atoms with Crippen LogP contribution in [0.3, 0.4) is 0 Å². The maximum absolute atomic E-state index is 9.49. The van der Waals surface area contributed by atoms with E-state index < -0.39 is 0 Å². The van der Waals surface area contributed by atoms with Gasteiger partial charge >= 0.3 is 0 Å². The molecule has 0 aliphatic heterocycles. The normalized spacial score (nSPS) is 11.5. The van der Waals surface area contributed by atoms with Crippen molar-refractivity contribution in [3.8, 4) is 23.1 Å². The lowest BCUT2D eigenvalue weighted by Crippen LogP contribution is -2.12. The van der Waals surface area contributed by atoms with Gasteiger partial charge in [-0.15, -0.1) is 0 Å². The summed E-state index contributed by atoms with van der Waals surface area (Å²) in [6.07, 6.45) is 3.57. The van der Waals surface area contributed by atoms with E-state index in [9.17, 15) is 5.26 Å². The average molecular weight is 408 g/mol. The zero-order chi connectivity index (χ0) is 21.2. The number of pyridine rings is 2. The monoisotopic (exact) mass is 407 g/mol. The van der Waals surface area contributed by atoms with Gasteiger partial charge < -0.3 is 4.74 Å². The Balaban J connectivity index is 2.21. The minimum absolute atomic E-state index is 0.0427. The molecule has 4 nitrogen and oxygen atoms in total. The second kappa shape index (κ2) is 8.39. The number of nitriles is 1. The lowest BCUT2D eigenvalue weighted by atomic mass is 9.85.